The van der Waals surface area contributed by atoms with Crippen molar-refractivity contribution >= 4 is 24.1 Å². The highest BCUT2D eigenvalue weighted by molar-refractivity contribution is 5.81. The summed E-state index contributed by atoms with van der Waals surface area (Å²) in [4.78, 5) is 45.5. The van der Waals surface area contributed by atoms with Gasteiger partial charge < -0.3 is 29.6 Å². The number of nitrogens with one attached hydrogen (secondary N) is 2. The van der Waals surface area contributed by atoms with Crippen molar-refractivity contribution in [3.05, 3.63) is 25.3 Å². The van der Waals surface area contributed by atoms with E-state index in [0.29, 0.717) is 50.6 Å². The number of hydrogen-bond acceptors (Lipinski definition) is 8. The van der Waals surface area contributed by atoms with Gasteiger partial charge in [0.1, 0.15) is 0 Å². The largest absolute Gasteiger partial charge is 0.463 e. The van der Waals surface area contributed by atoms with E-state index in [1.54, 1.807) is 0 Å². The first kappa shape index (κ1) is 29.0. The molecule has 0 saturated heterocycles. The van der Waals surface area contributed by atoms with Gasteiger partial charge in [0.2, 0.25) is 0 Å². The first-order valence-electron chi connectivity index (χ1n) is 11.8. The van der Waals surface area contributed by atoms with Crippen molar-refractivity contribution in [2.45, 2.75) is 51.4 Å². The lowest BCUT2D eigenvalue weighted by Crippen LogP contribution is -2.36. The van der Waals surface area contributed by atoms with E-state index in [1.807, 2.05) is 0 Å². The summed E-state index contributed by atoms with van der Waals surface area (Å²) in [6, 6.07) is 0. The van der Waals surface area contributed by atoms with Gasteiger partial charge in [-0.25, -0.2) is 19.2 Å². The van der Waals surface area contributed by atoms with Gasteiger partial charge in [-0.3, -0.25) is 0 Å². The number of alkyl carbamates (subject to hydrolysis) is 2. The van der Waals surface area contributed by atoms with E-state index in [-0.39, 0.29) is 26.4 Å². The van der Waals surface area contributed by atoms with Crippen molar-refractivity contribution < 1.29 is 38.1 Å². The monoisotopic (exact) mass is 482 g/mol. The van der Waals surface area contributed by atoms with Crippen LogP contribution in [0.1, 0.15) is 51.4 Å². The maximum absolute atomic E-state index is 11.9. The van der Waals surface area contributed by atoms with Crippen LogP contribution in [0.4, 0.5) is 9.59 Å². The van der Waals surface area contributed by atoms with Crippen LogP contribution >= 0.6 is 0 Å². The number of rotatable bonds is 16. The molecule has 0 spiro atoms. The Morgan fingerprint density at radius 1 is 0.676 bits per heavy atom. The molecule has 1 saturated carbocycles. The van der Waals surface area contributed by atoms with Crippen LogP contribution in [0.3, 0.4) is 0 Å². The van der Waals surface area contributed by atoms with E-state index in [4.69, 9.17) is 18.9 Å². The normalized spacial score (nSPS) is 17.1. The van der Waals surface area contributed by atoms with Crippen LogP contribution in [0.15, 0.2) is 25.3 Å². The van der Waals surface area contributed by atoms with Crippen LogP contribution < -0.4 is 10.6 Å². The molecule has 1 rings (SSSR count). The number of carbonyl (C=O) groups excluding carboxylic acids is 4. The molecule has 2 N–H and O–H groups in total. The van der Waals surface area contributed by atoms with Crippen molar-refractivity contribution in [3.8, 4) is 0 Å². The Hall–Kier alpha value is -3.04. The molecule has 1 aliphatic carbocycles. The zero-order chi connectivity index (χ0) is 25.0. The smallest absolute Gasteiger partial charge is 0.407 e. The molecule has 0 aromatic heterocycles. The Balaban J connectivity index is 2.06. The molecule has 10 nitrogen and oxygen atoms in total. The lowest BCUT2D eigenvalue weighted by molar-refractivity contribution is -0.138. The van der Waals surface area contributed by atoms with Gasteiger partial charge in [-0.2, -0.15) is 0 Å². The first-order valence-corrected chi connectivity index (χ1v) is 11.8. The quantitative estimate of drug-likeness (QED) is 0.148. The Kier molecular flexibility index (Phi) is 15.7. The summed E-state index contributed by atoms with van der Waals surface area (Å²) in [7, 11) is 0. The van der Waals surface area contributed by atoms with Crippen molar-refractivity contribution in [1.29, 1.82) is 0 Å². The van der Waals surface area contributed by atoms with Crippen LogP contribution in [0.25, 0.3) is 0 Å². The maximum atomic E-state index is 11.9. The molecule has 34 heavy (non-hydrogen) atoms. The number of amides is 2. The third-order valence-electron chi connectivity index (χ3n) is 5.33. The average molecular weight is 483 g/mol. The fourth-order valence-corrected chi connectivity index (χ4v) is 3.53. The maximum Gasteiger partial charge on any atom is 0.407 e. The second kappa shape index (κ2) is 18.4. The number of unbranched alkanes of at least 4 members (excludes halogenated alkanes) is 2. The number of hydrogen-bond donors (Lipinski definition) is 2. The van der Waals surface area contributed by atoms with E-state index in [1.165, 1.54) is 0 Å². The van der Waals surface area contributed by atoms with Crippen LogP contribution in [0, 0.1) is 11.8 Å². The molecule has 0 heterocycles. The lowest BCUT2D eigenvalue weighted by Gasteiger charge is -2.29. The molecular formula is C24H38N2O8. The minimum absolute atomic E-state index is 0.261. The molecule has 1 fully saturated rings. The van der Waals surface area contributed by atoms with Gasteiger partial charge in [-0.1, -0.05) is 19.6 Å². The Morgan fingerprint density at radius 3 is 1.44 bits per heavy atom. The molecule has 2 unspecified atom stereocenters. The number of carbonyl (C=O) groups is 4. The predicted molar refractivity (Wildman–Crippen MR) is 125 cm³/mol. The summed E-state index contributed by atoms with van der Waals surface area (Å²) < 4.78 is 20.0. The van der Waals surface area contributed by atoms with Gasteiger partial charge in [0.25, 0.3) is 0 Å². The predicted octanol–water partition coefficient (Wildman–Crippen LogP) is 3.26. The molecule has 10 heteroatoms. The standard InChI is InChI=1S/C24H38N2O8/c1-3-21(27)31-12-5-7-14-33-23(29)25-17-19-10-9-11-20(16-19)18-26-24(30)34-15-8-6-13-32-22(28)4-2/h3-4,19-20H,1-2,5-18H2,(H,25,29)(H,26,30). The molecule has 0 bridgehead atoms. The van der Waals surface area contributed by atoms with Gasteiger partial charge in [-0.05, 0) is 56.8 Å². The van der Waals surface area contributed by atoms with Crippen LogP contribution in [-0.4, -0.2) is 63.6 Å². The second-order valence-corrected chi connectivity index (χ2v) is 8.09. The SMILES string of the molecule is C=CC(=O)OCCCCOC(=O)NCC1CCCC(CNC(=O)OCCCCOC(=O)C=C)C1. The molecule has 2 atom stereocenters. The Morgan fingerprint density at radius 2 is 1.06 bits per heavy atom. The Labute approximate surface area is 201 Å². The highest BCUT2D eigenvalue weighted by atomic mass is 16.6. The van der Waals surface area contributed by atoms with Crippen molar-refractivity contribution in [2.24, 2.45) is 11.8 Å². The molecule has 2 amide bonds. The first-order chi connectivity index (χ1) is 16.4. The number of esters is 2. The highest BCUT2D eigenvalue weighted by Crippen LogP contribution is 2.28. The van der Waals surface area contributed by atoms with E-state index >= 15 is 0 Å². The van der Waals surface area contributed by atoms with E-state index in [9.17, 15) is 19.2 Å². The van der Waals surface area contributed by atoms with Gasteiger partial charge >= 0.3 is 24.1 Å². The molecule has 1 aliphatic rings. The van der Waals surface area contributed by atoms with Crippen LogP contribution in [0.5, 0.6) is 0 Å². The summed E-state index contributed by atoms with van der Waals surface area (Å²) in [6.07, 6.45) is 7.73. The van der Waals surface area contributed by atoms with Crippen LogP contribution in [0.2, 0.25) is 0 Å². The summed E-state index contributed by atoms with van der Waals surface area (Å²) in [6.45, 7) is 8.77. The van der Waals surface area contributed by atoms with E-state index in [0.717, 1.165) is 37.8 Å². The molecule has 0 aromatic rings. The summed E-state index contributed by atoms with van der Waals surface area (Å²) >= 11 is 0. The number of ether oxygens (including phenoxy) is 4. The van der Waals surface area contributed by atoms with Crippen molar-refractivity contribution in [2.75, 3.05) is 39.5 Å². The van der Waals surface area contributed by atoms with E-state index < -0.39 is 24.1 Å². The average Bonchev–Trinajstić information content (AvgIpc) is 2.85. The van der Waals surface area contributed by atoms with Crippen molar-refractivity contribution in [1.82, 2.24) is 10.6 Å². The van der Waals surface area contributed by atoms with Crippen molar-refractivity contribution in [3.63, 3.8) is 0 Å². The molecule has 192 valence electrons. The Bertz CT molecular complexity index is 613. The summed E-state index contributed by atoms with van der Waals surface area (Å²) in [5.41, 5.74) is 0. The second-order valence-electron chi connectivity index (χ2n) is 8.09. The fourth-order valence-electron chi connectivity index (χ4n) is 3.53. The molecular weight excluding hydrogens is 444 g/mol. The third kappa shape index (κ3) is 14.9. The highest BCUT2D eigenvalue weighted by Gasteiger charge is 2.23. The van der Waals surface area contributed by atoms with Gasteiger partial charge in [0, 0.05) is 25.2 Å². The lowest BCUT2D eigenvalue weighted by atomic mass is 9.81. The minimum Gasteiger partial charge on any atom is -0.463 e. The summed E-state index contributed by atoms with van der Waals surface area (Å²) in [5.74, 6) is -0.254. The third-order valence-corrected chi connectivity index (χ3v) is 5.33. The van der Waals surface area contributed by atoms with Gasteiger partial charge in [0.15, 0.2) is 0 Å². The summed E-state index contributed by atoms with van der Waals surface area (Å²) in [5, 5.41) is 5.61. The molecule has 0 aliphatic heterocycles. The zero-order valence-corrected chi connectivity index (χ0v) is 19.9. The fraction of sp³-hybridized carbons (Fsp3) is 0.667. The van der Waals surface area contributed by atoms with E-state index in [2.05, 4.69) is 23.8 Å². The van der Waals surface area contributed by atoms with Crippen LogP contribution in [-0.2, 0) is 28.5 Å². The van der Waals surface area contributed by atoms with Gasteiger partial charge in [-0.15, -0.1) is 0 Å². The molecule has 0 radical (unpaired) electrons. The molecule has 0 aromatic carbocycles. The zero-order valence-electron chi connectivity index (χ0n) is 19.9. The topological polar surface area (TPSA) is 129 Å². The minimum atomic E-state index is -0.461. The van der Waals surface area contributed by atoms with Gasteiger partial charge in [0.05, 0.1) is 26.4 Å².